The zero-order chi connectivity index (χ0) is 21.2. The monoisotopic (exact) mass is 408 g/mol. The standard InChI is InChI=1S/C18H15F3N4O4/c1-11(26)23-15-8-12(6-7-22-15)9-24-10-16(27)25(17(24)28)13-2-4-14(5-3-13)29-18(19,20)21/h2-8,10,27H,9H2,1H3,(H,22,23,26). The topological polar surface area (TPSA) is 98.4 Å². The van der Waals surface area contributed by atoms with Crippen LogP contribution < -0.4 is 15.7 Å². The SMILES string of the molecule is CC(=O)Nc1cc(Cn2cc(O)n(-c3ccc(OC(F)(F)F)cc3)c2=O)ccn1. The molecule has 29 heavy (non-hydrogen) atoms. The van der Waals surface area contributed by atoms with Crippen molar-refractivity contribution >= 4 is 11.7 Å². The van der Waals surface area contributed by atoms with Crippen LogP contribution in [0, 0.1) is 0 Å². The summed E-state index contributed by atoms with van der Waals surface area (Å²) in [5.41, 5.74) is 0.191. The van der Waals surface area contributed by atoms with E-state index in [0.29, 0.717) is 11.4 Å². The lowest BCUT2D eigenvalue weighted by Gasteiger charge is -2.09. The number of imidazole rings is 1. The second kappa shape index (κ2) is 7.70. The number of hydrogen-bond acceptors (Lipinski definition) is 5. The fourth-order valence-corrected chi connectivity index (χ4v) is 2.65. The molecule has 0 saturated carbocycles. The van der Waals surface area contributed by atoms with Crippen LogP contribution in [-0.2, 0) is 11.3 Å². The minimum atomic E-state index is -4.83. The van der Waals surface area contributed by atoms with Crippen molar-refractivity contribution in [2.75, 3.05) is 5.32 Å². The van der Waals surface area contributed by atoms with Crippen LogP contribution in [0.5, 0.6) is 11.6 Å². The summed E-state index contributed by atoms with van der Waals surface area (Å²) in [6.07, 6.45) is -2.17. The number of carbonyl (C=O) groups excluding carboxylic acids is 1. The number of carbonyl (C=O) groups is 1. The van der Waals surface area contributed by atoms with Crippen molar-refractivity contribution in [1.82, 2.24) is 14.1 Å². The minimum absolute atomic E-state index is 0.0732. The first-order chi connectivity index (χ1) is 13.6. The van der Waals surface area contributed by atoms with E-state index in [1.165, 1.54) is 36.0 Å². The Hall–Kier alpha value is -3.76. The van der Waals surface area contributed by atoms with E-state index in [1.807, 2.05) is 0 Å². The van der Waals surface area contributed by atoms with E-state index >= 15 is 0 Å². The summed E-state index contributed by atoms with van der Waals surface area (Å²) >= 11 is 0. The molecule has 3 rings (SSSR count). The van der Waals surface area contributed by atoms with E-state index in [4.69, 9.17) is 0 Å². The predicted octanol–water partition coefficient (Wildman–Crippen LogP) is 2.64. The first-order valence-electron chi connectivity index (χ1n) is 8.22. The van der Waals surface area contributed by atoms with E-state index in [0.717, 1.165) is 16.7 Å². The number of nitrogens with zero attached hydrogens (tertiary/aromatic N) is 3. The average Bonchev–Trinajstić information content (AvgIpc) is 2.88. The van der Waals surface area contributed by atoms with E-state index in [9.17, 15) is 27.9 Å². The van der Waals surface area contributed by atoms with Gasteiger partial charge in [-0.05, 0) is 42.0 Å². The molecule has 0 aliphatic heterocycles. The Morgan fingerprint density at radius 2 is 1.93 bits per heavy atom. The Bertz CT molecular complexity index is 1090. The lowest BCUT2D eigenvalue weighted by molar-refractivity contribution is -0.274. The maximum Gasteiger partial charge on any atom is 0.573 e. The number of nitrogens with one attached hydrogen (secondary N) is 1. The van der Waals surface area contributed by atoms with E-state index in [2.05, 4.69) is 15.0 Å². The number of halogens is 3. The molecule has 8 nitrogen and oxygen atoms in total. The molecule has 11 heteroatoms. The van der Waals surface area contributed by atoms with Crippen molar-refractivity contribution in [2.24, 2.45) is 0 Å². The van der Waals surface area contributed by atoms with Crippen molar-refractivity contribution in [3.05, 3.63) is 64.8 Å². The zero-order valence-electron chi connectivity index (χ0n) is 15.0. The molecule has 1 aromatic carbocycles. The summed E-state index contributed by atoms with van der Waals surface area (Å²) < 4.78 is 42.7. The maximum atomic E-state index is 12.6. The molecule has 0 aliphatic carbocycles. The van der Waals surface area contributed by atoms with Gasteiger partial charge < -0.3 is 15.2 Å². The predicted molar refractivity (Wildman–Crippen MR) is 96.0 cm³/mol. The first-order valence-corrected chi connectivity index (χ1v) is 8.22. The van der Waals surface area contributed by atoms with Gasteiger partial charge in [-0.15, -0.1) is 13.2 Å². The van der Waals surface area contributed by atoms with Crippen molar-refractivity contribution in [3.8, 4) is 17.3 Å². The third-order valence-corrected chi connectivity index (χ3v) is 3.75. The molecule has 0 fully saturated rings. The van der Waals surface area contributed by atoms with Gasteiger partial charge >= 0.3 is 12.1 Å². The summed E-state index contributed by atoms with van der Waals surface area (Å²) in [5, 5.41) is 12.7. The quantitative estimate of drug-likeness (QED) is 0.676. The zero-order valence-corrected chi connectivity index (χ0v) is 15.0. The van der Waals surface area contributed by atoms with Crippen LogP contribution >= 0.6 is 0 Å². The fourth-order valence-electron chi connectivity index (χ4n) is 2.65. The summed E-state index contributed by atoms with van der Waals surface area (Å²) in [4.78, 5) is 27.8. The number of amides is 1. The first kappa shape index (κ1) is 20.0. The number of ether oxygens (including phenoxy) is 1. The van der Waals surface area contributed by atoms with Crippen LogP contribution in [0.2, 0.25) is 0 Å². The van der Waals surface area contributed by atoms with E-state index in [-0.39, 0.29) is 18.1 Å². The van der Waals surface area contributed by atoms with Crippen molar-refractivity contribution in [1.29, 1.82) is 0 Å². The highest BCUT2D eigenvalue weighted by molar-refractivity contribution is 5.87. The van der Waals surface area contributed by atoms with Crippen LogP contribution in [0.3, 0.4) is 0 Å². The Morgan fingerprint density at radius 1 is 1.24 bits per heavy atom. The van der Waals surface area contributed by atoms with Crippen LogP contribution in [0.4, 0.5) is 19.0 Å². The van der Waals surface area contributed by atoms with Crippen LogP contribution in [0.15, 0.2) is 53.6 Å². The molecule has 2 N–H and O–H groups in total. The molecular formula is C18H15F3N4O4. The van der Waals surface area contributed by atoms with Gasteiger partial charge in [0, 0.05) is 13.1 Å². The molecule has 0 radical (unpaired) electrons. The van der Waals surface area contributed by atoms with Crippen molar-refractivity contribution < 1.29 is 27.8 Å². The van der Waals surface area contributed by atoms with Gasteiger partial charge in [0.15, 0.2) is 0 Å². The Labute approximate surface area is 161 Å². The van der Waals surface area contributed by atoms with Gasteiger partial charge in [0.1, 0.15) is 11.6 Å². The number of hydrogen-bond donors (Lipinski definition) is 2. The molecule has 3 aromatic rings. The number of alkyl halides is 3. The van der Waals surface area contributed by atoms with Gasteiger partial charge in [-0.1, -0.05) is 0 Å². The highest BCUT2D eigenvalue weighted by Crippen LogP contribution is 2.24. The van der Waals surface area contributed by atoms with Gasteiger partial charge in [0.2, 0.25) is 11.8 Å². The third kappa shape index (κ3) is 4.94. The highest BCUT2D eigenvalue weighted by atomic mass is 19.4. The molecule has 0 bridgehead atoms. The molecular weight excluding hydrogens is 393 g/mol. The number of rotatable bonds is 5. The van der Waals surface area contributed by atoms with Gasteiger partial charge in [0.25, 0.3) is 0 Å². The van der Waals surface area contributed by atoms with Crippen LogP contribution in [0.1, 0.15) is 12.5 Å². The highest BCUT2D eigenvalue weighted by Gasteiger charge is 2.31. The fraction of sp³-hybridized carbons (Fsp3) is 0.167. The lowest BCUT2D eigenvalue weighted by atomic mass is 10.2. The largest absolute Gasteiger partial charge is 0.573 e. The summed E-state index contributed by atoms with van der Waals surface area (Å²) in [7, 11) is 0. The van der Waals surface area contributed by atoms with Crippen molar-refractivity contribution in [3.63, 3.8) is 0 Å². The Kier molecular flexibility index (Phi) is 5.31. The van der Waals surface area contributed by atoms with E-state index < -0.39 is 23.7 Å². The normalized spacial score (nSPS) is 11.3. The molecule has 2 heterocycles. The molecule has 0 unspecified atom stereocenters. The number of benzene rings is 1. The van der Waals surface area contributed by atoms with Crippen LogP contribution in [-0.4, -0.2) is 31.5 Å². The molecule has 0 saturated heterocycles. The van der Waals surface area contributed by atoms with Gasteiger partial charge in [0.05, 0.1) is 18.4 Å². The Balaban J connectivity index is 1.86. The Morgan fingerprint density at radius 3 is 2.55 bits per heavy atom. The molecule has 0 spiro atoms. The number of aromatic nitrogens is 3. The molecule has 1 amide bonds. The molecule has 0 aliphatic rings. The van der Waals surface area contributed by atoms with Gasteiger partial charge in [-0.25, -0.2) is 14.3 Å². The van der Waals surface area contributed by atoms with Gasteiger partial charge in [-0.2, -0.15) is 0 Å². The third-order valence-electron chi connectivity index (χ3n) is 3.75. The molecule has 152 valence electrons. The molecule has 2 aromatic heterocycles. The number of pyridine rings is 1. The summed E-state index contributed by atoms with van der Waals surface area (Å²) in [5.74, 6) is -0.827. The van der Waals surface area contributed by atoms with Gasteiger partial charge in [-0.3, -0.25) is 9.36 Å². The number of anilines is 1. The smallest absolute Gasteiger partial charge is 0.493 e. The average molecular weight is 408 g/mol. The lowest BCUT2D eigenvalue weighted by Crippen LogP contribution is -2.23. The number of aromatic hydroxyl groups is 1. The summed E-state index contributed by atoms with van der Waals surface area (Å²) in [6, 6.07) is 7.71. The summed E-state index contributed by atoms with van der Waals surface area (Å²) in [6.45, 7) is 1.41. The van der Waals surface area contributed by atoms with Crippen LogP contribution in [0.25, 0.3) is 5.69 Å². The minimum Gasteiger partial charge on any atom is -0.493 e. The maximum absolute atomic E-state index is 12.6. The van der Waals surface area contributed by atoms with Crippen molar-refractivity contribution in [2.45, 2.75) is 19.8 Å². The second-order valence-corrected chi connectivity index (χ2v) is 6.01. The van der Waals surface area contributed by atoms with E-state index in [1.54, 1.807) is 12.1 Å². The molecule has 0 atom stereocenters. The second-order valence-electron chi connectivity index (χ2n) is 6.01.